The zero-order chi connectivity index (χ0) is 13.2. The lowest BCUT2D eigenvalue weighted by molar-refractivity contribution is 0.282. The van der Waals surface area contributed by atoms with Gasteiger partial charge in [0.25, 0.3) is 0 Å². The Balaban J connectivity index is 2.03. The number of fused-ring (bicyclic) bond motifs is 1. The van der Waals surface area contributed by atoms with Crippen LogP contribution in [0.3, 0.4) is 0 Å². The average Bonchev–Trinajstić information content (AvgIpc) is 2.84. The van der Waals surface area contributed by atoms with Crippen molar-refractivity contribution < 1.29 is 5.11 Å². The van der Waals surface area contributed by atoms with Crippen LogP contribution >= 0.6 is 11.6 Å². The van der Waals surface area contributed by atoms with Crippen molar-refractivity contribution in [1.82, 2.24) is 4.57 Å². The van der Waals surface area contributed by atoms with Crippen molar-refractivity contribution in [1.29, 1.82) is 0 Å². The molecule has 0 aliphatic rings. The van der Waals surface area contributed by atoms with Crippen LogP contribution in [0.15, 0.2) is 54.7 Å². The van der Waals surface area contributed by atoms with Crippen molar-refractivity contribution in [3.8, 4) is 0 Å². The maximum atomic E-state index is 9.23. The molecule has 0 aliphatic heterocycles. The average molecular weight is 272 g/mol. The number of rotatable bonds is 3. The molecule has 1 N–H and O–H groups in total. The molecular weight excluding hydrogens is 258 g/mol. The molecule has 0 fully saturated rings. The van der Waals surface area contributed by atoms with Crippen molar-refractivity contribution in [2.45, 2.75) is 13.2 Å². The lowest BCUT2D eigenvalue weighted by Crippen LogP contribution is -1.98. The summed E-state index contributed by atoms with van der Waals surface area (Å²) in [5.41, 5.74) is 3.13. The molecule has 0 amide bonds. The van der Waals surface area contributed by atoms with Gasteiger partial charge in [-0.1, -0.05) is 41.9 Å². The van der Waals surface area contributed by atoms with Gasteiger partial charge in [0, 0.05) is 23.3 Å². The summed E-state index contributed by atoms with van der Waals surface area (Å²) >= 11 is 6.20. The van der Waals surface area contributed by atoms with E-state index >= 15 is 0 Å². The molecule has 0 unspecified atom stereocenters. The van der Waals surface area contributed by atoms with Gasteiger partial charge in [0.15, 0.2) is 0 Å². The predicted octanol–water partition coefficient (Wildman–Crippen LogP) is 3.84. The Morgan fingerprint density at radius 3 is 2.68 bits per heavy atom. The van der Waals surface area contributed by atoms with Gasteiger partial charge in [-0.25, -0.2) is 0 Å². The zero-order valence-electron chi connectivity index (χ0n) is 10.4. The van der Waals surface area contributed by atoms with Gasteiger partial charge in [-0.3, -0.25) is 0 Å². The first-order valence-corrected chi connectivity index (χ1v) is 6.58. The van der Waals surface area contributed by atoms with Gasteiger partial charge >= 0.3 is 0 Å². The molecule has 3 heteroatoms. The lowest BCUT2D eigenvalue weighted by atomic mass is 10.1. The summed E-state index contributed by atoms with van der Waals surface area (Å²) in [5.74, 6) is 0. The van der Waals surface area contributed by atoms with Crippen LogP contribution in [-0.2, 0) is 13.2 Å². The highest BCUT2D eigenvalue weighted by molar-refractivity contribution is 6.31. The summed E-state index contributed by atoms with van der Waals surface area (Å²) in [6.07, 6.45) is 2.05. The van der Waals surface area contributed by atoms with Crippen molar-refractivity contribution in [2.75, 3.05) is 0 Å². The molecule has 3 aromatic rings. The van der Waals surface area contributed by atoms with E-state index in [1.54, 1.807) is 0 Å². The van der Waals surface area contributed by atoms with E-state index in [2.05, 4.69) is 16.8 Å². The number of aliphatic hydroxyl groups excluding tert-OH is 1. The maximum absolute atomic E-state index is 9.23. The fourth-order valence-electron chi connectivity index (χ4n) is 2.28. The minimum absolute atomic E-state index is 0.0627. The predicted molar refractivity (Wildman–Crippen MR) is 78.4 cm³/mol. The van der Waals surface area contributed by atoms with Crippen LogP contribution in [-0.4, -0.2) is 9.67 Å². The van der Waals surface area contributed by atoms with E-state index in [1.807, 2.05) is 42.5 Å². The number of benzene rings is 2. The quantitative estimate of drug-likeness (QED) is 0.769. The first-order chi connectivity index (χ1) is 9.28. The largest absolute Gasteiger partial charge is 0.392 e. The Kier molecular flexibility index (Phi) is 3.28. The fourth-order valence-corrected chi connectivity index (χ4v) is 2.47. The number of aliphatic hydroxyl groups is 1. The van der Waals surface area contributed by atoms with Crippen LogP contribution in [0.4, 0.5) is 0 Å². The second-order valence-corrected chi connectivity index (χ2v) is 4.99. The molecule has 19 heavy (non-hydrogen) atoms. The second-order valence-electron chi connectivity index (χ2n) is 4.59. The topological polar surface area (TPSA) is 25.2 Å². The zero-order valence-corrected chi connectivity index (χ0v) is 11.1. The fraction of sp³-hybridized carbons (Fsp3) is 0.125. The van der Waals surface area contributed by atoms with Gasteiger partial charge in [-0.05, 0) is 34.7 Å². The van der Waals surface area contributed by atoms with E-state index in [0.29, 0.717) is 0 Å². The number of hydrogen-bond acceptors (Lipinski definition) is 1. The van der Waals surface area contributed by atoms with E-state index in [9.17, 15) is 5.11 Å². The molecule has 0 saturated carbocycles. The number of hydrogen-bond donors (Lipinski definition) is 1. The molecule has 0 saturated heterocycles. The number of nitrogens with zero attached hydrogens (tertiary/aromatic N) is 1. The van der Waals surface area contributed by atoms with Gasteiger partial charge in [-0.2, -0.15) is 0 Å². The summed E-state index contributed by atoms with van der Waals surface area (Å²) in [6, 6.07) is 15.9. The maximum Gasteiger partial charge on any atom is 0.0682 e. The van der Waals surface area contributed by atoms with Crippen LogP contribution in [0.1, 0.15) is 11.1 Å². The molecule has 0 radical (unpaired) electrons. The Hall–Kier alpha value is -1.77. The van der Waals surface area contributed by atoms with Gasteiger partial charge in [0.1, 0.15) is 0 Å². The van der Waals surface area contributed by atoms with Gasteiger partial charge < -0.3 is 9.67 Å². The molecule has 0 aliphatic carbocycles. The molecule has 2 aromatic carbocycles. The smallest absolute Gasteiger partial charge is 0.0682 e. The van der Waals surface area contributed by atoms with E-state index in [0.717, 1.165) is 28.2 Å². The third kappa shape index (κ3) is 2.37. The van der Waals surface area contributed by atoms with Crippen LogP contribution in [0.5, 0.6) is 0 Å². The van der Waals surface area contributed by atoms with E-state index in [1.165, 1.54) is 5.39 Å². The van der Waals surface area contributed by atoms with Crippen molar-refractivity contribution in [3.05, 3.63) is 70.9 Å². The Bertz CT molecular complexity index is 718. The molecule has 2 nitrogen and oxygen atoms in total. The molecular formula is C16H14ClNO. The molecule has 1 aromatic heterocycles. The van der Waals surface area contributed by atoms with E-state index in [4.69, 9.17) is 11.6 Å². The summed E-state index contributed by atoms with van der Waals surface area (Å²) in [6.45, 7) is 0.797. The highest BCUT2D eigenvalue weighted by atomic mass is 35.5. The molecule has 1 heterocycles. The van der Waals surface area contributed by atoms with Crippen LogP contribution in [0.2, 0.25) is 5.02 Å². The Morgan fingerprint density at radius 1 is 1.05 bits per heavy atom. The first kappa shape index (κ1) is 12.3. The standard InChI is InChI=1S/C16H14ClNO/c17-15-4-2-1-3-14(15)10-18-8-7-13-6-5-12(11-19)9-16(13)18/h1-9,19H,10-11H2. The van der Waals surface area contributed by atoms with Crippen molar-refractivity contribution in [3.63, 3.8) is 0 Å². The normalized spacial score (nSPS) is 11.1. The van der Waals surface area contributed by atoms with Gasteiger partial charge in [0.2, 0.25) is 0 Å². The van der Waals surface area contributed by atoms with Gasteiger partial charge in [-0.15, -0.1) is 0 Å². The summed E-state index contributed by atoms with van der Waals surface area (Å²) in [7, 11) is 0. The van der Waals surface area contributed by atoms with Crippen LogP contribution in [0, 0.1) is 0 Å². The van der Waals surface area contributed by atoms with Crippen molar-refractivity contribution in [2.24, 2.45) is 0 Å². The molecule has 0 spiro atoms. The highest BCUT2D eigenvalue weighted by Crippen LogP contribution is 2.22. The third-order valence-electron chi connectivity index (χ3n) is 3.32. The van der Waals surface area contributed by atoms with Crippen LogP contribution in [0.25, 0.3) is 10.9 Å². The molecule has 0 bridgehead atoms. The lowest BCUT2D eigenvalue weighted by Gasteiger charge is -2.08. The SMILES string of the molecule is OCc1ccc2ccn(Cc3ccccc3Cl)c2c1. The minimum Gasteiger partial charge on any atom is -0.392 e. The second kappa shape index (κ2) is 5.08. The van der Waals surface area contributed by atoms with Crippen molar-refractivity contribution >= 4 is 22.5 Å². The highest BCUT2D eigenvalue weighted by Gasteiger charge is 2.05. The molecule has 3 rings (SSSR count). The van der Waals surface area contributed by atoms with Gasteiger partial charge in [0.05, 0.1) is 6.61 Å². The molecule has 96 valence electrons. The minimum atomic E-state index is 0.0627. The Labute approximate surface area is 116 Å². The summed E-state index contributed by atoms with van der Waals surface area (Å²) in [4.78, 5) is 0. The van der Waals surface area contributed by atoms with E-state index < -0.39 is 0 Å². The van der Waals surface area contributed by atoms with Crippen LogP contribution < -0.4 is 0 Å². The third-order valence-corrected chi connectivity index (χ3v) is 3.69. The molecule has 0 atom stereocenters. The first-order valence-electron chi connectivity index (χ1n) is 6.20. The number of aromatic nitrogens is 1. The monoisotopic (exact) mass is 271 g/mol. The summed E-state index contributed by atoms with van der Waals surface area (Å²) in [5, 5.41) is 11.2. The Morgan fingerprint density at radius 2 is 1.89 bits per heavy atom. The number of halogens is 1. The summed E-state index contributed by atoms with van der Waals surface area (Å²) < 4.78 is 2.15. The van der Waals surface area contributed by atoms with E-state index in [-0.39, 0.29) is 6.61 Å².